The lowest BCUT2D eigenvalue weighted by Crippen LogP contribution is -2.45. The molecule has 1 aromatic carbocycles. The zero-order chi connectivity index (χ0) is 22.5. The van der Waals surface area contributed by atoms with Crippen LogP contribution < -0.4 is 10.9 Å². The molecule has 0 aliphatic carbocycles. The molecule has 2 fully saturated rings. The van der Waals surface area contributed by atoms with Gasteiger partial charge in [-0.1, -0.05) is 0 Å². The van der Waals surface area contributed by atoms with E-state index in [0.29, 0.717) is 18.2 Å². The van der Waals surface area contributed by atoms with Gasteiger partial charge in [0.2, 0.25) is 5.91 Å². The van der Waals surface area contributed by atoms with Crippen LogP contribution in [-0.2, 0) is 11.3 Å². The minimum absolute atomic E-state index is 0.0600. The van der Waals surface area contributed by atoms with Crippen molar-refractivity contribution >= 4 is 17.5 Å². The molecule has 170 valence electrons. The van der Waals surface area contributed by atoms with Gasteiger partial charge in [-0.2, -0.15) is 0 Å². The number of likely N-dealkylation sites (tertiary alicyclic amines) is 2. The molecule has 8 heteroatoms. The van der Waals surface area contributed by atoms with Crippen LogP contribution in [0.5, 0.6) is 0 Å². The number of carbonyl (C=O) groups excluding carboxylic acids is 2. The van der Waals surface area contributed by atoms with Gasteiger partial charge in [-0.15, -0.1) is 0 Å². The molecular formula is C24H29FN4O3. The second-order valence-corrected chi connectivity index (χ2v) is 8.67. The molecule has 1 N–H and O–H groups in total. The number of piperidine rings is 1. The highest BCUT2D eigenvalue weighted by molar-refractivity contribution is 6.04. The molecule has 2 aliphatic rings. The third-order valence-corrected chi connectivity index (χ3v) is 6.26. The lowest BCUT2D eigenvalue weighted by atomic mass is 9.97. The summed E-state index contributed by atoms with van der Waals surface area (Å²) in [6.45, 7) is 4.65. The van der Waals surface area contributed by atoms with E-state index in [1.54, 1.807) is 6.07 Å². The Morgan fingerprint density at radius 2 is 1.78 bits per heavy atom. The standard InChI is InChI=1S/C24H29FN4O3/c25-19-7-9-20(10-8-19)26-23(31)21-6-4-14-29(24(21)32)17-22(30)28-13-3-5-18(16-28)15-27-11-1-2-12-27/h4,6-10,14,18H,1-3,5,11-13,15-17H2,(H,26,31)/t18-/m1/s1. The summed E-state index contributed by atoms with van der Waals surface area (Å²) in [5, 5.41) is 2.59. The Labute approximate surface area is 186 Å². The number of halogens is 1. The maximum Gasteiger partial charge on any atom is 0.263 e. The Kier molecular flexibility index (Phi) is 6.99. The highest BCUT2D eigenvalue weighted by atomic mass is 19.1. The van der Waals surface area contributed by atoms with E-state index in [4.69, 9.17) is 0 Å². The largest absolute Gasteiger partial charge is 0.341 e. The van der Waals surface area contributed by atoms with Gasteiger partial charge in [0.1, 0.15) is 17.9 Å². The molecule has 2 aromatic rings. The number of anilines is 1. The van der Waals surface area contributed by atoms with E-state index in [9.17, 15) is 18.8 Å². The van der Waals surface area contributed by atoms with Gasteiger partial charge < -0.3 is 19.7 Å². The van der Waals surface area contributed by atoms with Crippen LogP contribution in [-0.4, -0.2) is 58.9 Å². The van der Waals surface area contributed by atoms with Crippen LogP contribution in [0.3, 0.4) is 0 Å². The second kappa shape index (κ2) is 10.1. The number of amides is 2. The van der Waals surface area contributed by atoms with Crippen LogP contribution in [0.2, 0.25) is 0 Å². The summed E-state index contributed by atoms with van der Waals surface area (Å²) in [6.07, 6.45) is 6.13. The normalized spacial score (nSPS) is 19.2. The Morgan fingerprint density at radius 3 is 2.53 bits per heavy atom. The molecular weight excluding hydrogens is 411 g/mol. The first kappa shape index (κ1) is 22.2. The minimum atomic E-state index is -0.591. The SMILES string of the molecule is O=C(Nc1ccc(F)cc1)c1cccn(CC(=O)N2CCC[C@H](CN3CCCC3)C2)c1=O. The van der Waals surface area contributed by atoms with E-state index in [0.717, 1.165) is 39.0 Å². The van der Waals surface area contributed by atoms with Gasteiger partial charge in [0.05, 0.1) is 0 Å². The molecule has 3 heterocycles. The van der Waals surface area contributed by atoms with Crippen LogP contribution in [0.25, 0.3) is 0 Å². The van der Waals surface area contributed by atoms with Gasteiger partial charge >= 0.3 is 0 Å². The third-order valence-electron chi connectivity index (χ3n) is 6.26. The molecule has 2 saturated heterocycles. The van der Waals surface area contributed by atoms with E-state index < -0.39 is 17.3 Å². The number of hydrogen-bond donors (Lipinski definition) is 1. The molecule has 0 bridgehead atoms. The molecule has 4 rings (SSSR count). The molecule has 2 aliphatic heterocycles. The number of aromatic nitrogens is 1. The van der Waals surface area contributed by atoms with Gasteiger partial charge in [0.25, 0.3) is 11.5 Å². The predicted octanol–water partition coefficient (Wildman–Crippen LogP) is 2.57. The summed E-state index contributed by atoms with van der Waals surface area (Å²) in [6, 6.07) is 8.32. The van der Waals surface area contributed by atoms with Gasteiger partial charge in [0.15, 0.2) is 0 Å². The first-order chi connectivity index (χ1) is 15.5. The number of hydrogen-bond acceptors (Lipinski definition) is 4. The van der Waals surface area contributed by atoms with Crippen LogP contribution in [0.4, 0.5) is 10.1 Å². The molecule has 0 unspecified atom stereocenters. The highest BCUT2D eigenvalue weighted by Gasteiger charge is 2.26. The Bertz CT molecular complexity index is 1010. The van der Waals surface area contributed by atoms with Crippen LogP contribution in [0.15, 0.2) is 47.4 Å². The zero-order valence-electron chi connectivity index (χ0n) is 18.1. The number of carbonyl (C=O) groups is 2. The van der Waals surface area contributed by atoms with Gasteiger partial charge in [-0.3, -0.25) is 14.4 Å². The summed E-state index contributed by atoms with van der Waals surface area (Å²) in [4.78, 5) is 42.6. The minimum Gasteiger partial charge on any atom is -0.341 e. The van der Waals surface area contributed by atoms with Gasteiger partial charge in [-0.05, 0) is 81.1 Å². The molecule has 0 saturated carbocycles. The second-order valence-electron chi connectivity index (χ2n) is 8.67. The van der Waals surface area contributed by atoms with E-state index in [1.807, 2.05) is 4.90 Å². The summed E-state index contributed by atoms with van der Waals surface area (Å²) in [7, 11) is 0. The Hall–Kier alpha value is -3.00. The van der Waals surface area contributed by atoms with Crippen molar-refractivity contribution in [1.82, 2.24) is 14.4 Å². The summed E-state index contributed by atoms with van der Waals surface area (Å²) < 4.78 is 14.3. The third kappa shape index (κ3) is 5.43. The molecule has 7 nitrogen and oxygen atoms in total. The van der Waals surface area contributed by atoms with Crippen molar-refractivity contribution < 1.29 is 14.0 Å². The predicted molar refractivity (Wildman–Crippen MR) is 120 cm³/mol. The number of pyridine rings is 1. The van der Waals surface area contributed by atoms with Crippen LogP contribution in [0.1, 0.15) is 36.0 Å². The summed E-state index contributed by atoms with van der Waals surface area (Å²) >= 11 is 0. The van der Waals surface area contributed by atoms with Crippen molar-refractivity contribution in [1.29, 1.82) is 0 Å². The van der Waals surface area contributed by atoms with Crippen molar-refractivity contribution in [3.63, 3.8) is 0 Å². The molecule has 0 spiro atoms. The van der Waals surface area contributed by atoms with E-state index in [1.165, 1.54) is 53.9 Å². The number of rotatable bonds is 6. The quantitative estimate of drug-likeness (QED) is 0.749. The average Bonchev–Trinajstić information content (AvgIpc) is 3.30. The zero-order valence-corrected chi connectivity index (χ0v) is 18.1. The Balaban J connectivity index is 1.39. The Morgan fingerprint density at radius 1 is 1.03 bits per heavy atom. The van der Waals surface area contributed by atoms with E-state index in [-0.39, 0.29) is 18.0 Å². The molecule has 1 atom stereocenters. The highest BCUT2D eigenvalue weighted by Crippen LogP contribution is 2.20. The first-order valence-electron chi connectivity index (χ1n) is 11.3. The van der Waals surface area contributed by atoms with E-state index in [2.05, 4.69) is 10.2 Å². The van der Waals surface area contributed by atoms with Crippen LogP contribution >= 0.6 is 0 Å². The number of nitrogens with zero attached hydrogens (tertiary/aromatic N) is 3. The lowest BCUT2D eigenvalue weighted by Gasteiger charge is -2.34. The number of nitrogens with one attached hydrogen (secondary N) is 1. The van der Waals surface area contributed by atoms with Crippen LogP contribution in [0, 0.1) is 11.7 Å². The smallest absolute Gasteiger partial charge is 0.263 e. The van der Waals surface area contributed by atoms with Crippen molar-refractivity contribution in [3.05, 3.63) is 64.3 Å². The number of benzene rings is 1. The van der Waals surface area contributed by atoms with Crippen molar-refractivity contribution in [3.8, 4) is 0 Å². The monoisotopic (exact) mass is 440 g/mol. The molecule has 2 amide bonds. The summed E-state index contributed by atoms with van der Waals surface area (Å²) in [5.74, 6) is -0.638. The summed E-state index contributed by atoms with van der Waals surface area (Å²) in [5.41, 5.74) is -0.194. The molecule has 1 aromatic heterocycles. The topological polar surface area (TPSA) is 74.7 Å². The fourth-order valence-corrected chi connectivity index (χ4v) is 4.58. The van der Waals surface area contributed by atoms with Gasteiger partial charge in [0, 0.05) is 31.5 Å². The van der Waals surface area contributed by atoms with Gasteiger partial charge in [-0.25, -0.2) is 4.39 Å². The van der Waals surface area contributed by atoms with E-state index >= 15 is 0 Å². The average molecular weight is 441 g/mol. The molecule has 32 heavy (non-hydrogen) atoms. The molecule has 0 radical (unpaired) electrons. The van der Waals surface area contributed by atoms with Crippen molar-refractivity contribution in [2.24, 2.45) is 5.92 Å². The lowest BCUT2D eigenvalue weighted by molar-refractivity contribution is -0.133. The van der Waals surface area contributed by atoms with Crippen molar-refractivity contribution in [2.45, 2.75) is 32.2 Å². The van der Waals surface area contributed by atoms with Crippen molar-refractivity contribution in [2.75, 3.05) is 38.0 Å². The first-order valence-corrected chi connectivity index (χ1v) is 11.3. The maximum absolute atomic E-state index is 13.1. The fourth-order valence-electron chi connectivity index (χ4n) is 4.58. The fraction of sp³-hybridized carbons (Fsp3) is 0.458. The maximum atomic E-state index is 13.1.